The molecule has 36 heavy (non-hydrogen) atoms. The van der Waals surface area contributed by atoms with Gasteiger partial charge in [-0.2, -0.15) is 0 Å². The van der Waals surface area contributed by atoms with E-state index in [1.807, 2.05) is 18.2 Å². The zero-order valence-electron chi connectivity index (χ0n) is 19.6. The van der Waals surface area contributed by atoms with Gasteiger partial charge in [-0.05, 0) is 80.4 Å². The highest BCUT2D eigenvalue weighted by Gasteiger charge is 2.26. The van der Waals surface area contributed by atoms with Crippen LogP contribution in [0.4, 0.5) is 20.3 Å². The number of nitrogens with zero attached hydrogens (tertiary/aromatic N) is 2. The van der Waals surface area contributed by atoms with Crippen LogP contribution in [0.2, 0.25) is 0 Å². The summed E-state index contributed by atoms with van der Waals surface area (Å²) in [5.41, 5.74) is 1.85. The van der Waals surface area contributed by atoms with E-state index < -0.39 is 23.0 Å². The van der Waals surface area contributed by atoms with Crippen LogP contribution in [0, 0.1) is 30.4 Å². The number of para-hydroxylation sites is 1. The summed E-state index contributed by atoms with van der Waals surface area (Å²) in [5.74, 6) is 5.03. The Hall–Kier alpha value is -4.06. The Morgan fingerprint density at radius 3 is 2.67 bits per heavy atom. The van der Waals surface area contributed by atoms with E-state index >= 15 is 0 Å². The van der Waals surface area contributed by atoms with Crippen molar-refractivity contribution in [2.75, 3.05) is 18.4 Å². The summed E-state index contributed by atoms with van der Waals surface area (Å²) >= 11 is 0. The largest absolute Gasteiger partial charge is 0.451 e. The van der Waals surface area contributed by atoms with Gasteiger partial charge in [0.15, 0.2) is 17.4 Å². The summed E-state index contributed by atoms with van der Waals surface area (Å²) in [6.07, 6.45) is 2.99. The number of benzene rings is 3. The van der Waals surface area contributed by atoms with E-state index in [9.17, 15) is 13.9 Å². The Balaban J connectivity index is 1.40. The number of halogens is 2. The van der Waals surface area contributed by atoms with Crippen LogP contribution >= 0.6 is 0 Å². The lowest BCUT2D eigenvalue weighted by molar-refractivity contribution is 0.0736. The van der Waals surface area contributed by atoms with Gasteiger partial charge in [0.2, 0.25) is 0 Å². The van der Waals surface area contributed by atoms with Crippen LogP contribution in [0.5, 0.6) is 11.5 Å². The van der Waals surface area contributed by atoms with Crippen LogP contribution in [0.1, 0.15) is 24.0 Å². The van der Waals surface area contributed by atoms with Gasteiger partial charge in [-0.25, -0.2) is 18.7 Å². The third-order valence-corrected chi connectivity index (χ3v) is 6.00. The zero-order valence-corrected chi connectivity index (χ0v) is 19.6. The summed E-state index contributed by atoms with van der Waals surface area (Å²) in [4.78, 5) is 8.72. The van der Waals surface area contributed by atoms with E-state index in [1.54, 1.807) is 25.1 Å². The van der Waals surface area contributed by atoms with Crippen molar-refractivity contribution < 1.29 is 18.6 Å². The van der Waals surface area contributed by atoms with Gasteiger partial charge in [-0.3, -0.25) is 0 Å². The van der Waals surface area contributed by atoms with Crippen LogP contribution in [0.25, 0.3) is 10.9 Å². The first kappa shape index (κ1) is 23.7. The van der Waals surface area contributed by atoms with Gasteiger partial charge in [0.1, 0.15) is 23.5 Å². The zero-order chi connectivity index (χ0) is 25.1. The first-order chi connectivity index (χ1) is 17.4. The van der Waals surface area contributed by atoms with Crippen LogP contribution in [-0.4, -0.2) is 33.8 Å². The maximum Gasteiger partial charge on any atom is 0.198 e. The molecule has 5 rings (SSSR count). The number of hydrogen-bond donors (Lipinski definition) is 3. The third kappa shape index (κ3) is 5.13. The van der Waals surface area contributed by atoms with Crippen molar-refractivity contribution >= 4 is 22.4 Å². The van der Waals surface area contributed by atoms with Crippen molar-refractivity contribution in [3.05, 3.63) is 83.7 Å². The van der Waals surface area contributed by atoms with Crippen molar-refractivity contribution in [2.45, 2.75) is 25.4 Å². The minimum atomic E-state index is -1.03. The predicted octanol–water partition coefficient (Wildman–Crippen LogP) is 5.22. The molecule has 3 N–H and O–H groups in total. The topological polar surface area (TPSA) is 79.3 Å². The Kier molecular flexibility index (Phi) is 6.51. The molecule has 0 spiro atoms. The first-order valence-corrected chi connectivity index (χ1v) is 11.6. The Morgan fingerprint density at radius 2 is 1.92 bits per heavy atom. The molecule has 4 aromatic rings. The van der Waals surface area contributed by atoms with Crippen LogP contribution in [0.15, 0.2) is 60.9 Å². The molecule has 182 valence electrons. The SMILES string of the molecule is Cc1cc(Nc2ncnc3ccc(C#CC4(O)CCCNC4)cc23)ccc1Oc1c(F)cccc1F. The number of rotatable bonds is 4. The summed E-state index contributed by atoms with van der Waals surface area (Å²) in [5, 5.41) is 17.9. The van der Waals surface area contributed by atoms with Gasteiger partial charge in [-0.1, -0.05) is 17.9 Å². The number of aryl methyl sites for hydroxylation is 1. The molecule has 3 aromatic carbocycles. The normalized spacial score (nSPS) is 17.3. The molecule has 0 radical (unpaired) electrons. The molecule has 1 aliphatic heterocycles. The molecule has 0 bridgehead atoms. The quantitative estimate of drug-likeness (QED) is 0.344. The van der Waals surface area contributed by atoms with E-state index in [4.69, 9.17) is 4.74 Å². The van der Waals surface area contributed by atoms with Gasteiger partial charge in [-0.15, -0.1) is 0 Å². The van der Waals surface area contributed by atoms with Crippen molar-refractivity contribution in [3.8, 4) is 23.3 Å². The number of hydrogen-bond acceptors (Lipinski definition) is 6. The fraction of sp³-hybridized carbons (Fsp3) is 0.214. The summed E-state index contributed by atoms with van der Waals surface area (Å²) in [6.45, 7) is 3.13. The second kappa shape index (κ2) is 9.90. The maximum absolute atomic E-state index is 14.0. The van der Waals surface area contributed by atoms with E-state index in [0.29, 0.717) is 35.8 Å². The molecular formula is C28H24F2N4O2. The fourth-order valence-electron chi connectivity index (χ4n) is 4.09. The Labute approximate surface area is 207 Å². The van der Waals surface area contributed by atoms with Gasteiger partial charge in [0, 0.05) is 23.2 Å². The van der Waals surface area contributed by atoms with E-state index in [2.05, 4.69) is 32.4 Å². The molecule has 1 fully saturated rings. The predicted molar refractivity (Wildman–Crippen MR) is 134 cm³/mol. The highest BCUT2D eigenvalue weighted by Crippen LogP contribution is 2.32. The molecular weight excluding hydrogens is 462 g/mol. The molecule has 0 amide bonds. The Morgan fingerprint density at radius 1 is 1.08 bits per heavy atom. The third-order valence-electron chi connectivity index (χ3n) is 6.00. The number of piperidine rings is 1. The van der Waals surface area contributed by atoms with Gasteiger partial charge in [0.25, 0.3) is 0 Å². The van der Waals surface area contributed by atoms with Gasteiger partial charge in [0.05, 0.1) is 5.52 Å². The molecule has 1 atom stereocenters. The average molecular weight is 487 g/mol. The number of β-amino-alcohol motifs (C(OH)–C–C–N with tert-alkyl or cyclic N) is 1. The fourth-order valence-corrected chi connectivity index (χ4v) is 4.09. The molecule has 0 aliphatic carbocycles. The van der Waals surface area contributed by atoms with Gasteiger partial charge >= 0.3 is 0 Å². The molecule has 2 heterocycles. The van der Waals surface area contributed by atoms with E-state index in [0.717, 1.165) is 41.6 Å². The minimum absolute atomic E-state index is 0.338. The maximum atomic E-state index is 14.0. The molecule has 1 unspecified atom stereocenters. The lowest BCUT2D eigenvalue weighted by Gasteiger charge is -2.27. The molecule has 1 aromatic heterocycles. The second-order valence-corrected chi connectivity index (χ2v) is 8.77. The van der Waals surface area contributed by atoms with E-state index in [-0.39, 0.29) is 0 Å². The summed E-state index contributed by atoms with van der Waals surface area (Å²) < 4.78 is 33.5. The van der Waals surface area contributed by atoms with E-state index in [1.165, 1.54) is 12.4 Å². The van der Waals surface area contributed by atoms with Crippen molar-refractivity contribution in [2.24, 2.45) is 0 Å². The second-order valence-electron chi connectivity index (χ2n) is 8.77. The molecule has 0 saturated carbocycles. The van der Waals surface area contributed by atoms with Crippen molar-refractivity contribution in [1.82, 2.24) is 15.3 Å². The van der Waals surface area contributed by atoms with Crippen molar-refractivity contribution in [3.63, 3.8) is 0 Å². The highest BCUT2D eigenvalue weighted by molar-refractivity contribution is 5.91. The Bertz CT molecular complexity index is 1470. The number of aliphatic hydroxyl groups is 1. The summed E-state index contributed by atoms with van der Waals surface area (Å²) in [6, 6.07) is 14.4. The lowest BCUT2D eigenvalue weighted by Crippen LogP contribution is -2.44. The highest BCUT2D eigenvalue weighted by atomic mass is 19.1. The van der Waals surface area contributed by atoms with Crippen LogP contribution < -0.4 is 15.4 Å². The number of anilines is 2. The number of nitrogens with one attached hydrogen (secondary N) is 2. The molecule has 8 heteroatoms. The lowest BCUT2D eigenvalue weighted by atomic mass is 9.94. The number of ether oxygens (including phenoxy) is 1. The van der Waals surface area contributed by atoms with Crippen LogP contribution in [-0.2, 0) is 0 Å². The smallest absolute Gasteiger partial charge is 0.198 e. The average Bonchev–Trinajstić information content (AvgIpc) is 2.87. The van der Waals surface area contributed by atoms with Gasteiger partial charge < -0.3 is 20.5 Å². The number of fused-ring (bicyclic) bond motifs is 1. The van der Waals surface area contributed by atoms with Crippen LogP contribution in [0.3, 0.4) is 0 Å². The van der Waals surface area contributed by atoms with Crippen molar-refractivity contribution in [1.29, 1.82) is 0 Å². The molecule has 1 saturated heterocycles. The number of aromatic nitrogens is 2. The minimum Gasteiger partial charge on any atom is -0.451 e. The molecule has 6 nitrogen and oxygen atoms in total. The standard InChI is InChI=1S/C28H24F2N4O2/c1-18-14-20(7-9-25(18)36-26-22(29)4-2-5-23(26)30)34-27-21-15-19(6-8-24(21)32-17-33-27)10-12-28(35)11-3-13-31-16-28/h2,4-9,14-15,17,31,35H,3,11,13,16H2,1H3,(H,32,33,34). The first-order valence-electron chi connectivity index (χ1n) is 11.6. The monoisotopic (exact) mass is 486 g/mol. The molecule has 1 aliphatic rings. The summed E-state index contributed by atoms with van der Waals surface area (Å²) in [7, 11) is 0.